The number of hydrogen-bond acceptors (Lipinski definition) is 4. The van der Waals surface area contributed by atoms with Crippen molar-refractivity contribution in [2.24, 2.45) is 0 Å². The van der Waals surface area contributed by atoms with Crippen LogP contribution in [0.15, 0.2) is 18.6 Å². The molecule has 0 saturated heterocycles. The van der Waals surface area contributed by atoms with Crippen LogP contribution < -0.4 is 0 Å². The third kappa shape index (κ3) is 8.45. The molecule has 0 unspecified atom stereocenters. The molecule has 0 aromatic carbocycles. The summed E-state index contributed by atoms with van der Waals surface area (Å²) < 4.78 is 53.2. The molecule has 0 radical (unpaired) electrons. The van der Waals surface area contributed by atoms with Gasteiger partial charge in [-0.2, -0.15) is 18.3 Å². The van der Waals surface area contributed by atoms with E-state index >= 15 is 0 Å². The topological polar surface area (TPSA) is 68.1 Å². The maximum atomic E-state index is 13.5. The molecule has 194 valence electrons. The number of ketones is 1. The molecule has 2 heterocycles. The quantitative estimate of drug-likeness (QED) is 0.229. The summed E-state index contributed by atoms with van der Waals surface area (Å²) in [5.74, 6) is -0.464. The number of aryl methyl sites for hydroxylation is 1. The first-order valence-electron chi connectivity index (χ1n) is 11.1. The number of rotatable bonds is 7. The van der Waals surface area contributed by atoms with Crippen LogP contribution in [0.5, 0.6) is 0 Å². The maximum Gasteiger partial charge on any atom is 0.433 e. The molecule has 1 amide bonds. The smallest absolute Gasteiger partial charge is 0.334 e. The molecule has 35 heavy (non-hydrogen) atoms. The number of nitrogens with zero attached hydrogens (tertiary/aromatic N) is 4. The van der Waals surface area contributed by atoms with Gasteiger partial charge in [0.2, 0.25) is 6.41 Å². The molecule has 0 spiro atoms. The van der Waals surface area contributed by atoms with Gasteiger partial charge < -0.3 is 4.90 Å². The molecule has 2 aromatic rings. The highest BCUT2D eigenvalue weighted by Crippen LogP contribution is 2.36. The monoisotopic (exact) mass is 538 g/mol. The first kappa shape index (κ1) is 29.0. The van der Waals surface area contributed by atoms with Crippen LogP contribution in [0, 0.1) is 6.92 Å². The Hall–Kier alpha value is -2.20. The van der Waals surface area contributed by atoms with Crippen LogP contribution >= 0.6 is 23.2 Å². The number of amides is 1. The molecular weight excluding hydrogens is 511 g/mol. The summed E-state index contributed by atoms with van der Waals surface area (Å²) >= 11 is 11.7. The van der Waals surface area contributed by atoms with Crippen LogP contribution in [0.2, 0.25) is 10.0 Å². The molecule has 3 rings (SSSR count). The first-order valence-corrected chi connectivity index (χ1v) is 11.8. The summed E-state index contributed by atoms with van der Waals surface area (Å²) in [6.07, 6.45) is 4.75. The number of halogens is 6. The summed E-state index contributed by atoms with van der Waals surface area (Å²) in [4.78, 5) is 27.6. The summed E-state index contributed by atoms with van der Waals surface area (Å²) in [7, 11) is 0. The van der Waals surface area contributed by atoms with E-state index in [-0.39, 0.29) is 40.3 Å². The van der Waals surface area contributed by atoms with Gasteiger partial charge in [0, 0.05) is 12.4 Å². The minimum absolute atomic E-state index is 0.0703. The van der Waals surface area contributed by atoms with E-state index in [1.807, 2.05) is 0 Å². The zero-order valence-electron chi connectivity index (χ0n) is 19.7. The Bertz CT molecular complexity index is 996. The van der Waals surface area contributed by atoms with E-state index in [1.165, 1.54) is 44.0 Å². The molecule has 0 atom stereocenters. The van der Waals surface area contributed by atoms with Crippen LogP contribution in [0.25, 0.3) is 0 Å². The van der Waals surface area contributed by atoms with Gasteiger partial charge in [0.1, 0.15) is 11.4 Å². The van der Waals surface area contributed by atoms with Crippen LogP contribution in [0.1, 0.15) is 73.6 Å². The van der Waals surface area contributed by atoms with E-state index in [1.54, 1.807) is 0 Å². The summed E-state index contributed by atoms with van der Waals surface area (Å²) in [6.45, 7) is 3.62. The SMILES string of the molecule is CC(C)(F)CN(C=O)CC(=O)c1c(Cl)cncc1Cl.Cc1cnn(C2CCCCC2)c1C(F)(F)F. The Morgan fingerprint density at radius 3 is 2.17 bits per heavy atom. The molecule has 1 aliphatic carbocycles. The zero-order valence-corrected chi connectivity index (χ0v) is 21.2. The van der Waals surface area contributed by atoms with E-state index < -0.39 is 23.3 Å². The average molecular weight is 539 g/mol. The van der Waals surface area contributed by atoms with Gasteiger partial charge in [-0.15, -0.1) is 0 Å². The third-order valence-electron chi connectivity index (χ3n) is 5.37. The lowest BCUT2D eigenvalue weighted by molar-refractivity contribution is -0.145. The largest absolute Gasteiger partial charge is 0.433 e. The Balaban J connectivity index is 0.000000250. The Labute approximate surface area is 211 Å². The van der Waals surface area contributed by atoms with Crippen molar-refractivity contribution in [1.29, 1.82) is 0 Å². The van der Waals surface area contributed by atoms with Gasteiger partial charge >= 0.3 is 6.18 Å². The van der Waals surface area contributed by atoms with Crippen LogP contribution in [0.4, 0.5) is 17.6 Å². The van der Waals surface area contributed by atoms with Crippen molar-refractivity contribution in [3.05, 3.63) is 45.5 Å². The van der Waals surface area contributed by atoms with Crippen molar-refractivity contribution in [2.45, 2.75) is 70.8 Å². The minimum Gasteiger partial charge on any atom is -0.334 e. The maximum absolute atomic E-state index is 13.5. The second kappa shape index (κ2) is 12.2. The van der Waals surface area contributed by atoms with Gasteiger partial charge in [-0.1, -0.05) is 42.5 Å². The Morgan fingerprint density at radius 2 is 1.69 bits per heavy atom. The number of carbonyl (C=O) groups is 2. The normalized spacial score (nSPS) is 14.8. The second-order valence-electron chi connectivity index (χ2n) is 9.04. The molecule has 1 fully saturated rings. The van der Waals surface area contributed by atoms with Crippen molar-refractivity contribution in [2.75, 3.05) is 13.1 Å². The third-order valence-corrected chi connectivity index (χ3v) is 5.95. The van der Waals surface area contributed by atoms with Crippen LogP contribution in [-0.2, 0) is 11.0 Å². The van der Waals surface area contributed by atoms with Crippen LogP contribution in [0.3, 0.4) is 0 Å². The molecule has 6 nitrogen and oxygen atoms in total. The lowest BCUT2D eigenvalue weighted by atomic mass is 9.95. The standard InChI is InChI=1S/C12H13Cl2FN2O2.C11H15F3N2/c1-12(2,15)6-17(7-18)5-10(19)11-8(13)3-16-4-9(11)14;1-8-7-15-16(10(8)11(12,13)14)9-5-3-2-4-6-9/h3-4,7H,5-6H2,1-2H3;7,9H,2-6H2,1H3. The number of Topliss-reactive ketones (excluding diaryl/α,β-unsaturated/α-hetero) is 1. The van der Waals surface area contributed by atoms with E-state index in [2.05, 4.69) is 10.1 Å². The van der Waals surface area contributed by atoms with Gasteiger partial charge in [-0.3, -0.25) is 19.3 Å². The Kier molecular flexibility index (Phi) is 10.1. The summed E-state index contributed by atoms with van der Waals surface area (Å²) in [5.41, 5.74) is -1.85. The zero-order chi connectivity index (χ0) is 26.4. The van der Waals surface area contributed by atoms with Crippen molar-refractivity contribution >= 4 is 35.4 Å². The molecule has 0 bridgehead atoms. The number of carbonyl (C=O) groups excluding carboxylic acids is 2. The van der Waals surface area contributed by atoms with Gasteiger partial charge in [0.05, 0.1) is 40.9 Å². The molecular formula is C23H28Cl2F4N4O2. The van der Waals surface area contributed by atoms with Gasteiger partial charge in [-0.05, 0) is 39.2 Å². The second-order valence-corrected chi connectivity index (χ2v) is 9.86. The predicted molar refractivity (Wildman–Crippen MR) is 125 cm³/mol. The highest BCUT2D eigenvalue weighted by Gasteiger charge is 2.38. The van der Waals surface area contributed by atoms with Crippen molar-refractivity contribution < 1.29 is 27.2 Å². The minimum atomic E-state index is -4.29. The lowest BCUT2D eigenvalue weighted by Crippen LogP contribution is -2.38. The van der Waals surface area contributed by atoms with Crippen molar-refractivity contribution in [3.63, 3.8) is 0 Å². The summed E-state index contributed by atoms with van der Waals surface area (Å²) in [6, 6.07) is -0.0703. The molecule has 12 heteroatoms. The number of aromatic nitrogens is 3. The average Bonchev–Trinajstić information content (AvgIpc) is 3.15. The fourth-order valence-corrected chi connectivity index (χ4v) is 4.53. The highest BCUT2D eigenvalue weighted by molar-refractivity contribution is 6.39. The van der Waals surface area contributed by atoms with E-state index in [0.29, 0.717) is 6.41 Å². The van der Waals surface area contributed by atoms with Crippen molar-refractivity contribution in [1.82, 2.24) is 19.7 Å². The number of pyridine rings is 1. The van der Waals surface area contributed by atoms with Gasteiger partial charge in [0.15, 0.2) is 5.78 Å². The van der Waals surface area contributed by atoms with E-state index in [9.17, 15) is 27.2 Å². The number of hydrogen-bond donors (Lipinski definition) is 0. The molecule has 2 aromatic heterocycles. The molecule has 1 aliphatic rings. The van der Waals surface area contributed by atoms with Crippen LogP contribution in [-0.4, -0.2) is 50.6 Å². The molecule has 0 N–H and O–H groups in total. The summed E-state index contributed by atoms with van der Waals surface area (Å²) in [5, 5.41) is 4.10. The lowest BCUT2D eigenvalue weighted by Gasteiger charge is -2.24. The van der Waals surface area contributed by atoms with Gasteiger partial charge in [0.25, 0.3) is 0 Å². The number of alkyl halides is 4. The van der Waals surface area contributed by atoms with Gasteiger partial charge in [-0.25, -0.2) is 4.39 Å². The van der Waals surface area contributed by atoms with Crippen molar-refractivity contribution in [3.8, 4) is 0 Å². The molecule has 0 aliphatic heterocycles. The fourth-order valence-electron chi connectivity index (χ4n) is 3.96. The highest BCUT2D eigenvalue weighted by atomic mass is 35.5. The predicted octanol–water partition coefficient (Wildman–Crippen LogP) is 6.49. The first-order chi connectivity index (χ1) is 16.2. The fraction of sp³-hybridized carbons (Fsp3) is 0.565. The Morgan fingerprint density at radius 1 is 1.11 bits per heavy atom. The van der Waals surface area contributed by atoms with E-state index in [0.717, 1.165) is 37.0 Å². The molecule has 1 saturated carbocycles. The van der Waals surface area contributed by atoms with E-state index in [4.69, 9.17) is 23.2 Å².